The van der Waals surface area contributed by atoms with Crippen molar-refractivity contribution in [1.29, 1.82) is 0 Å². The molecule has 1 atom stereocenters. The summed E-state index contributed by atoms with van der Waals surface area (Å²) in [4.78, 5) is 0. The highest BCUT2D eigenvalue weighted by molar-refractivity contribution is 7.99. The zero-order valence-corrected chi connectivity index (χ0v) is 12.9. The van der Waals surface area contributed by atoms with Gasteiger partial charge >= 0.3 is 0 Å². The highest BCUT2D eigenvalue weighted by Gasteiger charge is 2.37. The van der Waals surface area contributed by atoms with Gasteiger partial charge in [-0.25, -0.2) is 0 Å². The summed E-state index contributed by atoms with van der Waals surface area (Å²) in [5.41, 5.74) is 0.226. The van der Waals surface area contributed by atoms with Crippen molar-refractivity contribution in [1.82, 2.24) is 5.32 Å². The number of hydrogen-bond acceptors (Lipinski definition) is 3. The summed E-state index contributed by atoms with van der Waals surface area (Å²) in [7, 11) is 0. The highest BCUT2D eigenvalue weighted by atomic mass is 35.5. The molecule has 0 aromatic carbocycles. The average molecular weight is 280 g/mol. The van der Waals surface area contributed by atoms with Gasteiger partial charge in [-0.1, -0.05) is 13.8 Å². The Morgan fingerprint density at radius 1 is 1.24 bits per heavy atom. The van der Waals surface area contributed by atoms with E-state index < -0.39 is 0 Å². The Hall–Kier alpha value is 0.560. The second-order valence-corrected chi connectivity index (χ2v) is 7.52. The van der Waals surface area contributed by atoms with Crippen molar-refractivity contribution in [2.24, 2.45) is 11.3 Å². The third-order valence-electron chi connectivity index (χ3n) is 3.74. The van der Waals surface area contributed by atoms with E-state index in [1.165, 1.54) is 30.8 Å². The van der Waals surface area contributed by atoms with Crippen molar-refractivity contribution < 1.29 is 4.74 Å². The molecule has 2 nitrogen and oxygen atoms in total. The molecule has 0 amide bonds. The van der Waals surface area contributed by atoms with Crippen LogP contribution < -0.4 is 5.32 Å². The third kappa shape index (κ3) is 4.62. The van der Waals surface area contributed by atoms with E-state index in [0.717, 1.165) is 19.1 Å². The number of nitrogens with one attached hydrogen (secondary N) is 1. The lowest BCUT2D eigenvalue weighted by Crippen LogP contribution is -2.56. The molecule has 0 spiro atoms. The van der Waals surface area contributed by atoms with Gasteiger partial charge in [-0.3, -0.25) is 5.32 Å². The summed E-state index contributed by atoms with van der Waals surface area (Å²) in [6, 6.07) is 0. The fraction of sp³-hybridized carbons (Fsp3) is 1.00. The van der Waals surface area contributed by atoms with Crippen molar-refractivity contribution in [3.8, 4) is 0 Å². The van der Waals surface area contributed by atoms with E-state index in [2.05, 4.69) is 37.8 Å². The maximum absolute atomic E-state index is 6.07. The second kappa shape index (κ2) is 6.14. The van der Waals surface area contributed by atoms with Crippen molar-refractivity contribution in [2.75, 3.05) is 24.7 Å². The van der Waals surface area contributed by atoms with E-state index >= 15 is 0 Å². The normalized spacial score (nSPS) is 34.1. The first-order chi connectivity index (χ1) is 7.49. The Balaban J connectivity index is 0.00000144. The van der Waals surface area contributed by atoms with Gasteiger partial charge in [0.15, 0.2) is 0 Å². The summed E-state index contributed by atoms with van der Waals surface area (Å²) in [6.45, 7) is 8.71. The van der Waals surface area contributed by atoms with Gasteiger partial charge in [0.25, 0.3) is 0 Å². The number of ether oxygens (including phenoxy) is 1. The molecule has 0 bridgehead atoms. The number of thioether (sulfide) groups is 1. The van der Waals surface area contributed by atoms with Crippen LogP contribution in [0.25, 0.3) is 0 Å². The Morgan fingerprint density at radius 3 is 2.41 bits per heavy atom. The van der Waals surface area contributed by atoms with Crippen LogP contribution >= 0.6 is 24.2 Å². The Bertz CT molecular complexity index is 232. The minimum Gasteiger partial charge on any atom is -0.360 e. The van der Waals surface area contributed by atoms with Crippen LogP contribution in [0.1, 0.15) is 40.0 Å². The predicted molar refractivity (Wildman–Crippen MR) is 78.1 cm³/mol. The molecule has 2 saturated heterocycles. The van der Waals surface area contributed by atoms with Gasteiger partial charge in [-0.05, 0) is 43.6 Å². The van der Waals surface area contributed by atoms with Crippen LogP contribution in [-0.4, -0.2) is 30.4 Å². The first-order valence-corrected chi connectivity index (χ1v) is 7.61. The topological polar surface area (TPSA) is 21.3 Å². The quantitative estimate of drug-likeness (QED) is 0.838. The maximum atomic E-state index is 6.07. The van der Waals surface area contributed by atoms with E-state index in [1.54, 1.807) is 0 Å². The first-order valence-electron chi connectivity index (χ1n) is 6.46. The van der Waals surface area contributed by atoms with Crippen LogP contribution in [0.2, 0.25) is 0 Å². The van der Waals surface area contributed by atoms with Gasteiger partial charge in [-0.15, -0.1) is 12.4 Å². The lowest BCUT2D eigenvalue weighted by Gasteiger charge is -2.44. The van der Waals surface area contributed by atoms with Gasteiger partial charge in [0.1, 0.15) is 5.72 Å². The van der Waals surface area contributed by atoms with Gasteiger partial charge in [0.05, 0.1) is 6.61 Å². The highest BCUT2D eigenvalue weighted by Crippen LogP contribution is 2.33. The maximum Gasteiger partial charge on any atom is 0.116 e. The molecule has 2 aliphatic heterocycles. The summed E-state index contributed by atoms with van der Waals surface area (Å²) in [5.74, 6) is 3.54. The molecule has 0 aromatic heterocycles. The molecule has 1 N–H and O–H groups in total. The first kappa shape index (κ1) is 15.6. The molecule has 2 heterocycles. The van der Waals surface area contributed by atoms with Gasteiger partial charge in [-0.2, -0.15) is 11.8 Å². The summed E-state index contributed by atoms with van der Waals surface area (Å²) in [5, 5.41) is 3.60. The van der Waals surface area contributed by atoms with Crippen LogP contribution in [0.4, 0.5) is 0 Å². The molecule has 0 aliphatic carbocycles. The monoisotopic (exact) mass is 279 g/mol. The average Bonchev–Trinajstić information content (AvgIpc) is 2.25. The molecular formula is C13H26ClNOS. The molecule has 4 heteroatoms. The van der Waals surface area contributed by atoms with Gasteiger partial charge in [0.2, 0.25) is 0 Å². The molecular weight excluding hydrogens is 254 g/mol. The fourth-order valence-electron chi connectivity index (χ4n) is 2.52. The van der Waals surface area contributed by atoms with E-state index in [9.17, 15) is 0 Å². The number of hydrogen-bond donors (Lipinski definition) is 1. The van der Waals surface area contributed by atoms with Crippen LogP contribution in [0.5, 0.6) is 0 Å². The molecule has 102 valence electrons. The predicted octanol–water partition coefficient (Wildman–Crippen LogP) is 3.30. The van der Waals surface area contributed by atoms with E-state index in [0.29, 0.717) is 5.41 Å². The molecule has 2 fully saturated rings. The molecule has 0 radical (unpaired) electrons. The van der Waals surface area contributed by atoms with Crippen LogP contribution in [-0.2, 0) is 4.74 Å². The van der Waals surface area contributed by atoms with Crippen LogP contribution in [0.3, 0.4) is 0 Å². The van der Waals surface area contributed by atoms with Crippen molar-refractivity contribution in [2.45, 2.75) is 45.8 Å². The zero-order chi connectivity index (χ0) is 11.6. The molecule has 0 aromatic rings. The molecule has 0 saturated carbocycles. The Kier molecular flexibility index (Phi) is 5.64. The second-order valence-electron chi connectivity index (χ2n) is 6.30. The minimum absolute atomic E-state index is 0. The number of halogens is 1. The largest absolute Gasteiger partial charge is 0.360 e. The van der Waals surface area contributed by atoms with Crippen molar-refractivity contribution in [3.05, 3.63) is 0 Å². The van der Waals surface area contributed by atoms with Crippen LogP contribution in [0, 0.1) is 11.3 Å². The summed E-state index contributed by atoms with van der Waals surface area (Å²) >= 11 is 2.10. The molecule has 2 aliphatic rings. The standard InChI is InChI=1S/C13H25NOS.ClH/c1-12(2)9-14-13(3,15-10-12)8-11-4-6-16-7-5-11;/h11,14H,4-10H2,1-3H3;1H. The molecule has 17 heavy (non-hydrogen) atoms. The van der Waals surface area contributed by atoms with Crippen LogP contribution in [0.15, 0.2) is 0 Å². The van der Waals surface area contributed by atoms with E-state index in [4.69, 9.17) is 4.74 Å². The SMILES string of the molecule is CC1(C)CNC(C)(CC2CCSCC2)OC1.Cl. The van der Waals surface area contributed by atoms with Gasteiger partial charge in [0, 0.05) is 12.0 Å². The molecule has 2 rings (SSSR count). The minimum atomic E-state index is -0.0673. The van der Waals surface area contributed by atoms with Gasteiger partial charge < -0.3 is 4.74 Å². The third-order valence-corrected chi connectivity index (χ3v) is 4.79. The smallest absolute Gasteiger partial charge is 0.116 e. The van der Waals surface area contributed by atoms with Crippen molar-refractivity contribution >= 4 is 24.2 Å². The van der Waals surface area contributed by atoms with E-state index in [1.807, 2.05) is 0 Å². The lowest BCUT2D eigenvalue weighted by atomic mass is 9.88. The molecule has 1 unspecified atom stereocenters. The zero-order valence-electron chi connectivity index (χ0n) is 11.3. The number of rotatable bonds is 2. The fourth-order valence-corrected chi connectivity index (χ4v) is 3.72. The summed E-state index contributed by atoms with van der Waals surface area (Å²) in [6.07, 6.45) is 3.92. The van der Waals surface area contributed by atoms with Crippen molar-refractivity contribution in [3.63, 3.8) is 0 Å². The lowest BCUT2D eigenvalue weighted by molar-refractivity contribution is -0.136. The Labute approximate surface area is 116 Å². The Morgan fingerprint density at radius 2 is 1.88 bits per heavy atom. The van der Waals surface area contributed by atoms with E-state index in [-0.39, 0.29) is 18.1 Å². The summed E-state index contributed by atoms with van der Waals surface area (Å²) < 4.78 is 6.07.